The molecule has 3 rings (SSSR count). The molecule has 0 N–H and O–H groups in total. The molecule has 1 aliphatic rings. The number of rotatable bonds is 4. The summed E-state index contributed by atoms with van der Waals surface area (Å²) >= 11 is 11.9. The lowest BCUT2D eigenvalue weighted by atomic mass is 10.3. The Balaban J connectivity index is 1.78. The molecule has 130 valence electrons. The molecule has 1 fully saturated rings. The molecule has 0 spiro atoms. The van der Waals surface area contributed by atoms with E-state index in [0.717, 1.165) is 0 Å². The van der Waals surface area contributed by atoms with Crippen LogP contribution in [0.25, 0.3) is 0 Å². The number of ether oxygens (including phenoxy) is 1. The lowest BCUT2D eigenvalue weighted by Gasteiger charge is -2.18. The van der Waals surface area contributed by atoms with Crippen LogP contribution in [0.15, 0.2) is 35.5 Å². The van der Waals surface area contributed by atoms with Crippen LogP contribution in [-0.4, -0.2) is 41.9 Å². The molecule has 1 aromatic carbocycles. The fourth-order valence-corrected chi connectivity index (χ4v) is 4.70. The average molecular weight is 399 g/mol. The van der Waals surface area contributed by atoms with Crippen molar-refractivity contribution in [1.82, 2.24) is 14.3 Å². The Morgan fingerprint density at radius 2 is 2.04 bits per heavy atom. The van der Waals surface area contributed by atoms with Crippen molar-refractivity contribution in [3.8, 4) is 11.9 Å². The van der Waals surface area contributed by atoms with Gasteiger partial charge in [0.25, 0.3) is 5.88 Å². The molecule has 2 aromatic rings. The molecule has 10 heteroatoms. The summed E-state index contributed by atoms with van der Waals surface area (Å²) in [5.74, 6) is 0.0926. The van der Waals surface area contributed by atoms with Gasteiger partial charge in [-0.3, -0.25) is 0 Å². The van der Waals surface area contributed by atoms with Crippen LogP contribution in [0.1, 0.15) is 12.1 Å². The molecule has 25 heavy (non-hydrogen) atoms. The number of benzene rings is 1. The van der Waals surface area contributed by atoms with Gasteiger partial charge in [-0.15, -0.1) is 0 Å². The highest BCUT2D eigenvalue weighted by atomic mass is 35.5. The third kappa shape index (κ3) is 3.70. The number of hydrogen-bond donors (Lipinski definition) is 0. The van der Waals surface area contributed by atoms with E-state index in [9.17, 15) is 8.42 Å². The van der Waals surface area contributed by atoms with Crippen molar-refractivity contribution in [2.24, 2.45) is 0 Å². The van der Waals surface area contributed by atoms with Crippen molar-refractivity contribution in [2.45, 2.75) is 17.4 Å². The molecular formula is C15H12Cl2N4O3S. The molecule has 1 atom stereocenters. The van der Waals surface area contributed by atoms with Gasteiger partial charge in [-0.2, -0.15) is 9.57 Å². The molecule has 0 bridgehead atoms. The number of aromatic nitrogens is 2. The monoisotopic (exact) mass is 398 g/mol. The Labute approximate surface area is 154 Å². The SMILES string of the molecule is N#Cc1nccnc1O[C@H]1CCN(S(=O)(=O)c2cc(Cl)ccc2Cl)C1. The molecule has 1 aromatic heterocycles. The van der Waals surface area contributed by atoms with Gasteiger partial charge in [0.15, 0.2) is 0 Å². The topological polar surface area (TPSA) is 96.2 Å². The third-order valence-electron chi connectivity index (χ3n) is 3.67. The minimum absolute atomic E-state index is 0.0421. The summed E-state index contributed by atoms with van der Waals surface area (Å²) in [5.41, 5.74) is 0.0571. The standard InChI is InChI=1S/C15H12Cl2N4O3S/c16-10-1-2-12(17)14(7-10)25(22,23)21-6-3-11(9-21)24-15-13(8-18)19-4-5-20-15/h1-2,4-5,7,11H,3,6,9H2/t11-/m0/s1. The molecule has 0 unspecified atom stereocenters. The summed E-state index contributed by atoms with van der Waals surface area (Å²) in [7, 11) is -3.80. The maximum Gasteiger partial charge on any atom is 0.251 e. The summed E-state index contributed by atoms with van der Waals surface area (Å²) in [6, 6.07) is 6.18. The van der Waals surface area contributed by atoms with Gasteiger partial charge in [-0.25, -0.2) is 18.4 Å². The predicted octanol–water partition coefficient (Wildman–Crippen LogP) is 2.50. The number of hydrogen-bond acceptors (Lipinski definition) is 6. The van der Waals surface area contributed by atoms with Gasteiger partial charge in [-0.05, 0) is 24.6 Å². The minimum atomic E-state index is -3.80. The van der Waals surface area contributed by atoms with Crippen molar-refractivity contribution < 1.29 is 13.2 Å². The first kappa shape index (κ1) is 17.9. The van der Waals surface area contributed by atoms with Gasteiger partial charge >= 0.3 is 0 Å². The average Bonchev–Trinajstić information content (AvgIpc) is 3.07. The van der Waals surface area contributed by atoms with Crippen LogP contribution in [0, 0.1) is 11.3 Å². The fraction of sp³-hybridized carbons (Fsp3) is 0.267. The zero-order valence-electron chi connectivity index (χ0n) is 12.8. The summed E-state index contributed by atoms with van der Waals surface area (Å²) in [5, 5.41) is 9.40. The minimum Gasteiger partial charge on any atom is -0.471 e. The van der Waals surface area contributed by atoms with Gasteiger partial charge in [0.2, 0.25) is 15.7 Å². The summed E-state index contributed by atoms with van der Waals surface area (Å²) in [6.45, 7) is 0.380. The Hall–Kier alpha value is -1.92. The maximum atomic E-state index is 12.8. The van der Waals surface area contributed by atoms with Gasteiger partial charge in [0.05, 0.1) is 11.6 Å². The van der Waals surface area contributed by atoms with E-state index in [2.05, 4.69) is 9.97 Å². The van der Waals surface area contributed by atoms with E-state index in [1.807, 2.05) is 6.07 Å². The highest BCUT2D eigenvalue weighted by Gasteiger charge is 2.35. The van der Waals surface area contributed by atoms with Crippen molar-refractivity contribution in [3.63, 3.8) is 0 Å². The van der Waals surface area contributed by atoms with Crippen LogP contribution in [0.4, 0.5) is 0 Å². The first-order valence-electron chi connectivity index (χ1n) is 7.25. The van der Waals surface area contributed by atoms with E-state index in [4.69, 9.17) is 33.2 Å². The van der Waals surface area contributed by atoms with Crippen molar-refractivity contribution in [2.75, 3.05) is 13.1 Å². The van der Waals surface area contributed by atoms with Crippen LogP contribution in [0.2, 0.25) is 10.0 Å². The maximum absolute atomic E-state index is 12.8. The first-order chi connectivity index (χ1) is 11.9. The van der Waals surface area contributed by atoms with Crippen molar-refractivity contribution in [1.29, 1.82) is 5.26 Å². The quantitative estimate of drug-likeness (QED) is 0.784. The van der Waals surface area contributed by atoms with Gasteiger partial charge in [0, 0.05) is 24.0 Å². The number of nitriles is 1. The normalized spacial score (nSPS) is 18.0. The lowest BCUT2D eigenvalue weighted by Crippen LogP contribution is -2.31. The molecule has 0 amide bonds. The zero-order valence-corrected chi connectivity index (χ0v) is 15.1. The summed E-state index contributed by atoms with van der Waals surface area (Å²) < 4.78 is 32.5. The Kier molecular flexibility index (Phi) is 5.11. The fourth-order valence-electron chi connectivity index (χ4n) is 2.47. The van der Waals surface area contributed by atoms with Crippen LogP contribution in [-0.2, 0) is 10.0 Å². The zero-order chi connectivity index (χ0) is 18.0. The van der Waals surface area contributed by atoms with Crippen molar-refractivity contribution in [3.05, 3.63) is 46.3 Å². The van der Waals surface area contributed by atoms with Crippen LogP contribution >= 0.6 is 23.2 Å². The molecule has 2 heterocycles. The number of nitrogens with zero attached hydrogens (tertiary/aromatic N) is 4. The summed E-state index contributed by atoms with van der Waals surface area (Å²) in [6.07, 6.45) is 2.82. The third-order valence-corrected chi connectivity index (χ3v) is 6.25. The molecule has 0 radical (unpaired) electrons. The first-order valence-corrected chi connectivity index (χ1v) is 9.44. The largest absolute Gasteiger partial charge is 0.471 e. The lowest BCUT2D eigenvalue weighted by molar-refractivity contribution is 0.205. The van der Waals surface area contributed by atoms with Gasteiger partial charge in [0.1, 0.15) is 17.1 Å². The second-order valence-corrected chi connectivity index (χ2v) is 8.04. The van der Waals surface area contributed by atoms with Gasteiger partial charge in [-0.1, -0.05) is 23.2 Å². The number of sulfonamides is 1. The molecule has 1 saturated heterocycles. The van der Waals surface area contributed by atoms with E-state index in [-0.39, 0.29) is 39.6 Å². The van der Waals surface area contributed by atoms with E-state index in [1.165, 1.54) is 34.9 Å². The Bertz CT molecular complexity index is 946. The van der Waals surface area contributed by atoms with Gasteiger partial charge < -0.3 is 4.74 Å². The molecule has 7 nitrogen and oxygen atoms in total. The highest BCUT2D eigenvalue weighted by Crippen LogP contribution is 2.30. The predicted molar refractivity (Wildman–Crippen MR) is 91.0 cm³/mol. The smallest absolute Gasteiger partial charge is 0.251 e. The van der Waals surface area contributed by atoms with E-state index in [1.54, 1.807) is 0 Å². The van der Waals surface area contributed by atoms with Crippen LogP contribution in [0.5, 0.6) is 5.88 Å². The molecule has 1 aliphatic heterocycles. The molecular weight excluding hydrogens is 387 g/mol. The second kappa shape index (κ2) is 7.14. The van der Waals surface area contributed by atoms with Crippen LogP contribution < -0.4 is 4.74 Å². The van der Waals surface area contributed by atoms with Crippen LogP contribution in [0.3, 0.4) is 0 Å². The number of halogens is 2. The highest BCUT2D eigenvalue weighted by molar-refractivity contribution is 7.89. The molecule has 0 saturated carbocycles. The summed E-state index contributed by atoms with van der Waals surface area (Å²) in [4.78, 5) is 7.79. The molecule has 0 aliphatic carbocycles. The Morgan fingerprint density at radius 1 is 1.28 bits per heavy atom. The van der Waals surface area contributed by atoms with E-state index >= 15 is 0 Å². The van der Waals surface area contributed by atoms with E-state index in [0.29, 0.717) is 6.42 Å². The van der Waals surface area contributed by atoms with E-state index < -0.39 is 16.1 Å². The van der Waals surface area contributed by atoms with Crippen molar-refractivity contribution >= 4 is 33.2 Å². The second-order valence-electron chi connectivity index (χ2n) is 5.29. The Morgan fingerprint density at radius 3 is 2.80 bits per heavy atom.